The molecule has 0 spiro atoms. The molecule has 1 saturated heterocycles. The van der Waals surface area contributed by atoms with Gasteiger partial charge in [-0.05, 0) is 36.2 Å². The summed E-state index contributed by atoms with van der Waals surface area (Å²) in [6.07, 6.45) is 0.758. The summed E-state index contributed by atoms with van der Waals surface area (Å²) in [5.74, 6) is 1.07. The van der Waals surface area contributed by atoms with E-state index in [0.29, 0.717) is 24.4 Å². The van der Waals surface area contributed by atoms with E-state index in [-0.39, 0.29) is 18.0 Å². The van der Waals surface area contributed by atoms with E-state index < -0.39 is 0 Å². The second kappa shape index (κ2) is 9.81. The van der Waals surface area contributed by atoms with Crippen molar-refractivity contribution in [2.75, 3.05) is 24.2 Å². The summed E-state index contributed by atoms with van der Waals surface area (Å²) in [6.45, 7) is 1.15. The first-order valence-corrected chi connectivity index (χ1v) is 10.3. The third-order valence-corrected chi connectivity index (χ3v) is 5.45. The first-order valence-electron chi connectivity index (χ1n) is 9.11. The number of anilines is 1. The van der Waals surface area contributed by atoms with Gasteiger partial charge in [-0.3, -0.25) is 4.79 Å². The van der Waals surface area contributed by atoms with Gasteiger partial charge in [0.25, 0.3) is 0 Å². The molecule has 6 nitrogen and oxygen atoms in total. The molecule has 2 N–H and O–H groups in total. The van der Waals surface area contributed by atoms with Gasteiger partial charge in [0.15, 0.2) is 0 Å². The minimum absolute atomic E-state index is 0.00969. The van der Waals surface area contributed by atoms with Crippen LogP contribution in [-0.4, -0.2) is 41.7 Å². The number of nitriles is 1. The van der Waals surface area contributed by atoms with Crippen LogP contribution in [0.2, 0.25) is 0 Å². The number of hydrogen-bond acceptors (Lipinski definition) is 4. The van der Waals surface area contributed by atoms with E-state index in [1.807, 2.05) is 42.5 Å². The molecule has 3 amide bonds. The molecule has 2 aromatic rings. The zero-order chi connectivity index (χ0) is 19.8. The second-order valence-electron chi connectivity index (χ2n) is 6.60. The lowest BCUT2D eigenvalue weighted by Crippen LogP contribution is -2.40. The molecular formula is C21H22N4O2S. The van der Waals surface area contributed by atoms with Gasteiger partial charge in [-0.25, -0.2) is 4.79 Å². The average molecular weight is 395 g/mol. The highest BCUT2D eigenvalue weighted by Crippen LogP contribution is 2.15. The van der Waals surface area contributed by atoms with Crippen LogP contribution < -0.4 is 10.6 Å². The Balaban J connectivity index is 1.36. The highest BCUT2D eigenvalue weighted by molar-refractivity contribution is 7.99. The summed E-state index contributed by atoms with van der Waals surface area (Å²) >= 11 is 1.53. The minimum atomic E-state index is -0.141. The standard InChI is InChI=1S/C21H22N4O2S/c22-12-16-6-8-17(9-7-16)14-28-15-20(26)23-19-10-11-25(13-19)21(27)24-18-4-2-1-3-5-18/h1-9,19H,10-11,13-15H2,(H,23,26)(H,24,27)/t19-/m1/s1. The SMILES string of the molecule is N#Cc1ccc(CSCC(=O)N[C@@H]2CCN(C(=O)Nc3ccccc3)C2)cc1. The van der Waals surface area contributed by atoms with Gasteiger partial charge < -0.3 is 15.5 Å². The van der Waals surface area contributed by atoms with Crippen molar-refractivity contribution in [2.45, 2.75) is 18.2 Å². The third-order valence-electron chi connectivity index (χ3n) is 4.45. The van der Waals surface area contributed by atoms with E-state index in [9.17, 15) is 9.59 Å². The summed E-state index contributed by atoms with van der Waals surface area (Å²) in [4.78, 5) is 26.2. The maximum absolute atomic E-state index is 12.3. The van der Waals surface area contributed by atoms with Crippen LogP contribution in [0.4, 0.5) is 10.5 Å². The van der Waals surface area contributed by atoms with Crippen molar-refractivity contribution in [2.24, 2.45) is 0 Å². The fraction of sp³-hybridized carbons (Fsp3) is 0.286. The second-order valence-corrected chi connectivity index (χ2v) is 7.58. The van der Waals surface area contributed by atoms with Crippen molar-refractivity contribution in [3.63, 3.8) is 0 Å². The van der Waals surface area contributed by atoms with Crippen molar-refractivity contribution in [3.05, 3.63) is 65.7 Å². The molecule has 1 heterocycles. The monoisotopic (exact) mass is 394 g/mol. The number of carbonyl (C=O) groups is 2. The first-order chi connectivity index (χ1) is 13.6. The molecule has 0 unspecified atom stereocenters. The number of nitrogens with zero attached hydrogens (tertiary/aromatic N) is 2. The van der Waals surface area contributed by atoms with Crippen LogP contribution in [0, 0.1) is 11.3 Å². The van der Waals surface area contributed by atoms with Crippen molar-refractivity contribution >= 4 is 29.4 Å². The van der Waals surface area contributed by atoms with Crippen LogP contribution in [0.3, 0.4) is 0 Å². The summed E-state index contributed by atoms with van der Waals surface area (Å²) < 4.78 is 0. The number of nitrogens with one attached hydrogen (secondary N) is 2. The normalized spacial score (nSPS) is 15.7. The Morgan fingerprint density at radius 1 is 1.14 bits per heavy atom. The fourth-order valence-electron chi connectivity index (χ4n) is 2.99. The Kier molecular flexibility index (Phi) is 6.93. The van der Waals surface area contributed by atoms with E-state index in [4.69, 9.17) is 5.26 Å². The van der Waals surface area contributed by atoms with Gasteiger partial charge in [0, 0.05) is 30.6 Å². The molecule has 0 saturated carbocycles. The first kappa shape index (κ1) is 19.8. The summed E-state index contributed by atoms with van der Waals surface area (Å²) in [5.41, 5.74) is 2.48. The quantitative estimate of drug-likeness (QED) is 0.788. The summed E-state index contributed by atoms with van der Waals surface area (Å²) in [6, 6.07) is 18.7. The molecule has 7 heteroatoms. The molecule has 144 valence electrons. The topological polar surface area (TPSA) is 85.2 Å². The maximum Gasteiger partial charge on any atom is 0.321 e. The van der Waals surface area contributed by atoms with Gasteiger partial charge in [-0.15, -0.1) is 11.8 Å². The number of thioether (sulfide) groups is 1. The Bertz CT molecular complexity index is 849. The largest absolute Gasteiger partial charge is 0.351 e. The highest BCUT2D eigenvalue weighted by Gasteiger charge is 2.27. The van der Waals surface area contributed by atoms with E-state index in [2.05, 4.69) is 16.7 Å². The number of benzene rings is 2. The molecule has 1 atom stereocenters. The van der Waals surface area contributed by atoms with Gasteiger partial charge in [-0.2, -0.15) is 5.26 Å². The Morgan fingerprint density at radius 2 is 1.89 bits per heavy atom. The Hall–Kier alpha value is -2.98. The lowest BCUT2D eigenvalue weighted by molar-refractivity contribution is -0.119. The molecular weight excluding hydrogens is 372 g/mol. The van der Waals surface area contributed by atoms with E-state index in [1.165, 1.54) is 11.8 Å². The van der Waals surface area contributed by atoms with Gasteiger partial charge >= 0.3 is 6.03 Å². The van der Waals surface area contributed by atoms with Crippen LogP contribution in [-0.2, 0) is 10.5 Å². The highest BCUT2D eigenvalue weighted by atomic mass is 32.2. The Labute approximate surface area is 168 Å². The molecule has 1 fully saturated rings. The molecule has 0 aromatic heterocycles. The summed E-state index contributed by atoms with van der Waals surface area (Å²) in [7, 11) is 0. The van der Waals surface area contributed by atoms with E-state index >= 15 is 0 Å². The van der Waals surface area contributed by atoms with Gasteiger partial charge in [0.1, 0.15) is 0 Å². The van der Waals surface area contributed by atoms with Gasteiger partial charge in [0.05, 0.1) is 17.4 Å². The van der Waals surface area contributed by atoms with Crippen molar-refractivity contribution in [1.29, 1.82) is 5.26 Å². The van der Waals surface area contributed by atoms with Crippen molar-refractivity contribution in [3.8, 4) is 6.07 Å². The average Bonchev–Trinajstić information content (AvgIpc) is 3.18. The van der Waals surface area contributed by atoms with Gasteiger partial charge in [0.2, 0.25) is 5.91 Å². The van der Waals surface area contributed by atoms with Crippen LogP contribution in [0.25, 0.3) is 0 Å². The number of likely N-dealkylation sites (tertiary alicyclic amines) is 1. The predicted molar refractivity (Wildman–Crippen MR) is 111 cm³/mol. The maximum atomic E-state index is 12.3. The molecule has 2 aromatic carbocycles. The third kappa shape index (κ3) is 5.76. The number of hydrogen-bond donors (Lipinski definition) is 2. The Morgan fingerprint density at radius 3 is 2.61 bits per heavy atom. The number of carbonyl (C=O) groups excluding carboxylic acids is 2. The van der Waals surface area contributed by atoms with E-state index in [0.717, 1.165) is 23.4 Å². The molecule has 28 heavy (non-hydrogen) atoms. The number of rotatable bonds is 6. The number of amides is 3. The molecule has 0 aliphatic carbocycles. The van der Waals surface area contributed by atoms with Crippen LogP contribution in [0.1, 0.15) is 17.5 Å². The molecule has 1 aliphatic rings. The van der Waals surface area contributed by atoms with Crippen LogP contribution in [0.5, 0.6) is 0 Å². The predicted octanol–water partition coefficient (Wildman–Crippen LogP) is 3.21. The smallest absolute Gasteiger partial charge is 0.321 e. The van der Waals surface area contributed by atoms with Gasteiger partial charge in [-0.1, -0.05) is 30.3 Å². The molecule has 0 radical (unpaired) electrons. The molecule has 1 aliphatic heterocycles. The van der Waals surface area contributed by atoms with E-state index in [1.54, 1.807) is 17.0 Å². The zero-order valence-electron chi connectivity index (χ0n) is 15.4. The van der Waals surface area contributed by atoms with Crippen molar-refractivity contribution < 1.29 is 9.59 Å². The fourth-order valence-corrected chi connectivity index (χ4v) is 3.79. The minimum Gasteiger partial charge on any atom is -0.351 e. The lowest BCUT2D eigenvalue weighted by atomic mass is 10.2. The van der Waals surface area contributed by atoms with Crippen LogP contribution >= 0.6 is 11.8 Å². The number of urea groups is 1. The van der Waals surface area contributed by atoms with Crippen molar-refractivity contribution in [1.82, 2.24) is 10.2 Å². The summed E-state index contributed by atoms with van der Waals surface area (Å²) in [5, 5.41) is 14.7. The van der Waals surface area contributed by atoms with Crippen LogP contribution in [0.15, 0.2) is 54.6 Å². The molecule has 3 rings (SSSR count). The zero-order valence-corrected chi connectivity index (χ0v) is 16.2. The number of para-hydroxylation sites is 1. The lowest BCUT2D eigenvalue weighted by Gasteiger charge is -2.18. The molecule has 0 bridgehead atoms.